The lowest BCUT2D eigenvalue weighted by molar-refractivity contribution is 0.0728. The second kappa shape index (κ2) is 14.3. The van der Waals surface area contributed by atoms with Gasteiger partial charge in [-0.25, -0.2) is 9.18 Å². The number of unbranched alkanes of at least 4 members (excludes halogenated alkanes) is 4. The number of hydrogen-bond donors (Lipinski definition) is 0. The molecule has 0 aromatic heterocycles. The second-order valence-electron chi connectivity index (χ2n) is 9.39. The summed E-state index contributed by atoms with van der Waals surface area (Å²) in [6.45, 7) is 2.75. The molecule has 0 atom stereocenters. The Hall–Kier alpha value is -3.13. The Balaban J connectivity index is 1.35. The van der Waals surface area contributed by atoms with Gasteiger partial charge in [0.2, 0.25) is 0 Å². The number of hydrogen-bond acceptors (Lipinski definition) is 4. The minimum Gasteiger partial charge on any atom is -0.490 e. The van der Waals surface area contributed by atoms with Crippen LogP contribution in [0.5, 0.6) is 11.5 Å². The maximum atomic E-state index is 13.9. The zero-order valence-corrected chi connectivity index (χ0v) is 20.7. The van der Waals surface area contributed by atoms with E-state index >= 15 is 0 Å². The van der Waals surface area contributed by atoms with Crippen LogP contribution in [-0.2, 0) is 0 Å². The monoisotopic (exact) mass is 477 g/mol. The molecule has 0 radical (unpaired) electrons. The number of carbonyl (C=O) groups is 1. The quantitative estimate of drug-likeness (QED) is 0.134. The van der Waals surface area contributed by atoms with E-state index in [1.54, 1.807) is 24.3 Å². The first-order chi connectivity index (χ1) is 17.1. The molecule has 2 aromatic rings. The number of ether oxygens (including phenoxy) is 2. The topological polar surface area (TPSA) is 59.3 Å². The third-order valence-corrected chi connectivity index (χ3v) is 6.72. The van der Waals surface area contributed by atoms with Crippen molar-refractivity contribution >= 4 is 5.97 Å². The van der Waals surface area contributed by atoms with Crippen LogP contribution in [0.1, 0.15) is 87.1 Å². The number of rotatable bonds is 12. The fraction of sp³-hybridized carbons (Fsp3) is 0.467. The molecule has 1 aliphatic rings. The van der Waals surface area contributed by atoms with Crippen molar-refractivity contribution < 1.29 is 18.7 Å². The average molecular weight is 478 g/mol. The fourth-order valence-corrected chi connectivity index (χ4v) is 4.60. The van der Waals surface area contributed by atoms with Crippen molar-refractivity contribution in [2.24, 2.45) is 11.8 Å². The zero-order chi connectivity index (χ0) is 24.9. The summed E-state index contributed by atoms with van der Waals surface area (Å²) in [4.78, 5) is 12.3. The Morgan fingerprint density at radius 3 is 2.49 bits per heavy atom. The molecular weight excluding hydrogens is 441 g/mol. The van der Waals surface area contributed by atoms with Crippen LogP contribution in [0.2, 0.25) is 0 Å². The highest BCUT2D eigenvalue weighted by molar-refractivity contribution is 5.91. The molecule has 1 aliphatic carbocycles. The van der Waals surface area contributed by atoms with Gasteiger partial charge in [-0.05, 0) is 80.0 Å². The second-order valence-corrected chi connectivity index (χ2v) is 9.39. The number of nitrogens with zero attached hydrogens (tertiary/aromatic N) is 1. The molecule has 2 aromatic carbocycles. The molecule has 0 bridgehead atoms. The highest BCUT2D eigenvalue weighted by atomic mass is 19.1. The van der Waals surface area contributed by atoms with E-state index in [4.69, 9.17) is 14.7 Å². The predicted molar refractivity (Wildman–Crippen MR) is 136 cm³/mol. The van der Waals surface area contributed by atoms with E-state index in [9.17, 15) is 9.18 Å². The van der Waals surface area contributed by atoms with Gasteiger partial charge in [-0.1, -0.05) is 57.6 Å². The molecule has 35 heavy (non-hydrogen) atoms. The molecule has 0 saturated heterocycles. The molecule has 0 spiro atoms. The van der Waals surface area contributed by atoms with E-state index in [0.29, 0.717) is 23.8 Å². The van der Waals surface area contributed by atoms with Crippen LogP contribution in [0.4, 0.5) is 4.39 Å². The molecule has 186 valence electrons. The number of benzene rings is 2. The molecule has 4 nitrogen and oxygen atoms in total. The van der Waals surface area contributed by atoms with Crippen molar-refractivity contribution in [2.75, 3.05) is 6.61 Å². The molecule has 1 saturated carbocycles. The summed E-state index contributed by atoms with van der Waals surface area (Å²) >= 11 is 0. The van der Waals surface area contributed by atoms with Gasteiger partial charge in [0, 0.05) is 0 Å². The number of esters is 1. The third-order valence-electron chi connectivity index (χ3n) is 6.72. The van der Waals surface area contributed by atoms with E-state index in [0.717, 1.165) is 12.0 Å². The minimum atomic E-state index is -0.750. The number of allylic oxidation sites excluding steroid dienone is 1. The lowest BCUT2D eigenvalue weighted by Gasteiger charge is -2.26. The van der Waals surface area contributed by atoms with Gasteiger partial charge in [-0.3, -0.25) is 0 Å². The van der Waals surface area contributed by atoms with Gasteiger partial charge in [0.25, 0.3) is 0 Å². The van der Waals surface area contributed by atoms with Crippen molar-refractivity contribution in [2.45, 2.75) is 71.1 Å². The van der Waals surface area contributed by atoms with Gasteiger partial charge in [0.05, 0.1) is 17.2 Å². The van der Waals surface area contributed by atoms with Gasteiger partial charge in [-0.15, -0.1) is 0 Å². The van der Waals surface area contributed by atoms with Crippen LogP contribution in [-0.4, -0.2) is 12.6 Å². The Labute approximate surface area is 208 Å². The Morgan fingerprint density at radius 2 is 1.80 bits per heavy atom. The lowest BCUT2D eigenvalue weighted by Crippen LogP contribution is -2.13. The van der Waals surface area contributed by atoms with Crippen LogP contribution in [0.15, 0.2) is 54.6 Å². The van der Waals surface area contributed by atoms with Crippen LogP contribution in [0, 0.1) is 29.0 Å². The SMILES string of the molecule is CCCCCCCC1CCC(/C=C/COc2ccc(C(=O)Oc3ccc(C#N)cc3F)cc2)CC1. The molecule has 3 rings (SSSR count). The standard InChI is InChI=1S/C30H36FNO3/c1-2-3-4-5-6-8-23-10-12-24(13-11-23)9-7-20-34-27-17-15-26(16-18-27)30(33)35-29-19-14-25(22-32)21-28(29)31/h7,9,14-19,21,23-24H,2-6,8,10-13,20H2,1H3/b9-7+. The van der Waals surface area contributed by atoms with E-state index in [1.807, 2.05) is 6.07 Å². The van der Waals surface area contributed by atoms with Gasteiger partial charge in [0.1, 0.15) is 12.4 Å². The van der Waals surface area contributed by atoms with E-state index < -0.39 is 11.8 Å². The maximum absolute atomic E-state index is 13.9. The van der Waals surface area contributed by atoms with Gasteiger partial charge in [0.15, 0.2) is 11.6 Å². The Morgan fingerprint density at radius 1 is 1.06 bits per heavy atom. The smallest absolute Gasteiger partial charge is 0.343 e. The van der Waals surface area contributed by atoms with Crippen molar-refractivity contribution in [1.29, 1.82) is 5.26 Å². The number of carbonyl (C=O) groups excluding carboxylic acids is 1. The first-order valence-electron chi connectivity index (χ1n) is 12.9. The maximum Gasteiger partial charge on any atom is 0.343 e. The predicted octanol–water partition coefficient (Wildman–Crippen LogP) is 8.02. The normalized spacial score (nSPS) is 17.7. The summed E-state index contributed by atoms with van der Waals surface area (Å²) in [5, 5.41) is 8.80. The van der Waals surface area contributed by atoms with Crippen LogP contribution in [0.3, 0.4) is 0 Å². The summed E-state index contributed by atoms with van der Waals surface area (Å²) in [6.07, 6.45) is 17.9. The van der Waals surface area contributed by atoms with Gasteiger partial charge in [-0.2, -0.15) is 5.26 Å². The molecule has 0 heterocycles. The van der Waals surface area contributed by atoms with E-state index in [-0.39, 0.29) is 11.3 Å². The van der Waals surface area contributed by atoms with Crippen LogP contribution < -0.4 is 9.47 Å². The van der Waals surface area contributed by atoms with Crippen molar-refractivity contribution in [3.05, 3.63) is 71.6 Å². The number of halogens is 1. The summed E-state index contributed by atoms with van der Waals surface area (Å²) < 4.78 is 24.8. The first-order valence-corrected chi connectivity index (χ1v) is 12.9. The molecular formula is C30H36FNO3. The zero-order valence-electron chi connectivity index (χ0n) is 20.7. The lowest BCUT2D eigenvalue weighted by atomic mass is 9.79. The number of nitriles is 1. The van der Waals surface area contributed by atoms with Gasteiger partial charge >= 0.3 is 5.97 Å². The average Bonchev–Trinajstić information content (AvgIpc) is 2.88. The highest BCUT2D eigenvalue weighted by Crippen LogP contribution is 2.32. The molecule has 5 heteroatoms. The summed E-state index contributed by atoms with van der Waals surface area (Å²) in [7, 11) is 0. The molecule has 1 fully saturated rings. The fourth-order valence-electron chi connectivity index (χ4n) is 4.60. The largest absolute Gasteiger partial charge is 0.490 e. The summed E-state index contributed by atoms with van der Waals surface area (Å²) in [5.74, 6) is 0.588. The van der Waals surface area contributed by atoms with Crippen LogP contribution >= 0.6 is 0 Å². The molecule has 0 unspecified atom stereocenters. The third kappa shape index (κ3) is 8.87. The molecule has 0 aliphatic heterocycles. The van der Waals surface area contributed by atoms with Crippen LogP contribution in [0.25, 0.3) is 0 Å². The minimum absolute atomic E-state index is 0.165. The Kier molecular flexibility index (Phi) is 10.8. The summed E-state index contributed by atoms with van der Waals surface area (Å²) in [5.41, 5.74) is 0.456. The van der Waals surface area contributed by atoms with E-state index in [2.05, 4.69) is 19.1 Å². The summed E-state index contributed by atoms with van der Waals surface area (Å²) in [6, 6.07) is 12.1. The van der Waals surface area contributed by atoms with Crippen molar-refractivity contribution in [3.63, 3.8) is 0 Å². The first kappa shape index (κ1) is 26.5. The van der Waals surface area contributed by atoms with Crippen molar-refractivity contribution in [3.8, 4) is 17.6 Å². The molecule has 0 N–H and O–H groups in total. The Bertz CT molecular complexity index is 1000. The van der Waals surface area contributed by atoms with Gasteiger partial charge < -0.3 is 9.47 Å². The molecule has 0 amide bonds. The van der Waals surface area contributed by atoms with Crippen molar-refractivity contribution in [1.82, 2.24) is 0 Å². The van der Waals surface area contributed by atoms with E-state index in [1.165, 1.54) is 76.3 Å². The highest BCUT2D eigenvalue weighted by Gasteiger charge is 2.19.